The second-order valence-corrected chi connectivity index (χ2v) is 5.25. The summed E-state index contributed by atoms with van der Waals surface area (Å²) in [5.41, 5.74) is 2.80. The highest BCUT2D eigenvalue weighted by Crippen LogP contribution is 2.22. The minimum atomic E-state index is 0.535. The van der Waals surface area contributed by atoms with Crippen LogP contribution in [0.25, 0.3) is 22.6 Å². The molecule has 0 fully saturated rings. The van der Waals surface area contributed by atoms with Gasteiger partial charge in [0.15, 0.2) is 0 Å². The normalized spacial score (nSPS) is 10.7. The molecule has 0 saturated carbocycles. The molecule has 1 aromatic carbocycles. The van der Waals surface area contributed by atoms with Crippen LogP contribution in [0.3, 0.4) is 0 Å². The third kappa shape index (κ3) is 2.64. The molecular weight excluding hydrogens is 292 g/mol. The number of aromatic nitrogens is 4. The van der Waals surface area contributed by atoms with Gasteiger partial charge < -0.3 is 4.98 Å². The Morgan fingerprint density at radius 2 is 1.95 bits per heavy atom. The number of aryl methyl sites for hydroxylation is 1. The zero-order valence-electron chi connectivity index (χ0n) is 10.7. The van der Waals surface area contributed by atoms with Crippen LogP contribution >= 0.6 is 23.8 Å². The number of benzene rings is 1. The average Bonchev–Trinajstić information content (AvgIpc) is 2.85. The lowest BCUT2D eigenvalue weighted by Crippen LogP contribution is -1.92. The summed E-state index contributed by atoms with van der Waals surface area (Å²) in [6.07, 6.45) is 3.71. The molecule has 0 radical (unpaired) electrons. The molecule has 3 rings (SSSR count). The molecule has 0 spiro atoms. The van der Waals surface area contributed by atoms with Crippen LogP contribution in [0.15, 0.2) is 42.7 Å². The second-order valence-electron chi connectivity index (χ2n) is 4.39. The van der Waals surface area contributed by atoms with Gasteiger partial charge in [-0.05, 0) is 30.3 Å². The molecule has 6 heteroatoms. The Morgan fingerprint density at radius 1 is 1.20 bits per heavy atom. The van der Waals surface area contributed by atoms with Gasteiger partial charge in [-0.15, -0.1) is 0 Å². The quantitative estimate of drug-likeness (QED) is 0.731. The molecule has 0 bridgehead atoms. The van der Waals surface area contributed by atoms with Gasteiger partial charge >= 0.3 is 0 Å². The van der Waals surface area contributed by atoms with E-state index in [4.69, 9.17) is 23.8 Å². The van der Waals surface area contributed by atoms with E-state index in [0.29, 0.717) is 15.5 Å². The van der Waals surface area contributed by atoms with Crippen molar-refractivity contribution in [3.63, 3.8) is 0 Å². The Morgan fingerprint density at radius 3 is 2.60 bits per heavy atom. The fourth-order valence-electron chi connectivity index (χ4n) is 1.92. The van der Waals surface area contributed by atoms with Gasteiger partial charge in [0.2, 0.25) is 0 Å². The third-order valence-corrected chi connectivity index (χ3v) is 3.34. The summed E-state index contributed by atoms with van der Waals surface area (Å²) in [5.74, 6) is 0.716. The first kappa shape index (κ1) is 13.0. The fourth-order valence-corrected chi connectivity index (χ4v) is 2.25. The lowest BCUT2D eigenvalue weighted by molar-refractivity contribution is 0.768. The molecule has 2 heterocycles. The highest BCUT2D eigenvalue weighted by atomic mass is 35.5. The maximum absolute atomic E-state index is 5.90. The number of hydrogen-bond acceptors (Lipinski definition) is 3. The first-order chi connectivity index (χ1) is 9.61. The molecule has 0 saturated heterocycles. The molecule has 3 aromatic rings. The summed E-state index contributed by atoms with van der Waals surface area (Å²) in [5, 5.41) is 4.85. The van der Waals surface area contributed by atoms with E-state index < -0.39 is 0 Å². The summed E-state index contributed by atoms with van der Waals surface area (Å²) in [4.78, 5) is 7.63. The van der Waals surface area contributed by atoms with Crippen molar-refractivity contribution < 1.29 is 0 Å². The predicted octanol–water partition coefficient (Wildman–Crippen LogP) is 3.86. The van der Waals surface area contributed by atoms with Gasteiger partial charge in [0.25, 0.3) is 0 Å². The van der Waals surface area contributed by atoms with Crippen LogP contribution in [0.2, 0.25) is 5.02 Å². The highest BCUT2D eigenvalue weighted by molar-refractivity contribution is 7.71. The van der Waals surface area contributed by atoms with Crippen LogP contribution in [0.1, 0.15) is 0 Å². The fraction of sp³-hybridized carbons (Fsp3) is 0.0714. The molecule has 2 aromatic heterocycles. The maximum atomic E-state index is 5.90. The van der Waals surface area contributed by atoms with Crippen LogP contribution < -0.4 is 0 Å². The van der Waals surface area contributed by atoms with Crippen molar-refractivity contribution in [2.45, 2.75) is 0 Å². The topological polar surface area (TPSA) is 46.5 Å². The molecule has 100 valence electrons. The van der Waals surface area contributed by atoms with Crippen molar-refractivity contribution in [1.82, 2.24) is 19.7 Å². The summed E-state index contributed by atoms with van der Waals surface area (Å²) < 4.78 is 2.28. The summed E-state index contributed by atoms with van der Waals surface area (Å²) >= 11 is 11.1. The van der Waals surface area contributed by atoms with Crippen LogP contribution in [0.4, 0.5) is 0 Å². The molecule has 20 heavy (non-hydrogen) atoms. The smallest absolute Gasteiger partial charge is 0.139 e. The lowest BCUT2D eigenvalue weighted by atomic mass is 10.2. The molecule has 0 aliphatic rings. The number of nitrogens with one attached hydrogen (secondary N) is 1. The van der Waals surface area contributed by atoms with Crippen molar-refractivity contribution in [1.29, 1.82) is 0 Å². The monoisotopic (exact) mass is 302 g/mol. The largest absolute Gasteiger partial charge is 0.339 e. The first-order valence-electron chi connectivity index (χ1n) is 5.98. The van der Waals surface area contributed by atoms with Crippen LogP contribution in [0.5, 0.6) is 0 Å². The predicted molar refractivity (Wildman–Crippen MR) is 82.1 cm³/mol. The van der Waals surface area contributed by atoms with E-state index in [2.05, 4.69) is 15.1 Å². The van der Waals surface area contributed by atoms with Crippen LogP contribution in [-0.4, -0.2) is 19.7 Å². The van der Waals surface area contributed by atoms with E-state index in [1.54, 1.807) is 10.9 Å². The van der Waals surface area contributed by atoms with Crippen molar-refractivity contribution in [2.24, 2.45) is 7.05 Å². The van der Waals surface area contributed by atoms with E-state index >= 15 is 0 Å². The van der Waals surface area contributed by atoms with E-state index in [1.807, 2.05) is 43.6 Å². The number of aromatic amines is 1. The van der Waals surface area contributed by atoms with Crippen LogP contribution in [-0.2, 0) is 7.05 Å². The summed E-state index contributed by atoms with van der Waals surface area (Å²) in [6, 6.07) is 9.29. The molecule has 4 nitrogen and oxygen atoms in total. The second kappa shape index (κ2) is 5.19. The van der Waals surface area contributed by atoms with Gasteiger partial charge in [-0.3, -0.25) is 4.68 Å². The average molecular weight is 303 g/mol. The maximum Gasteiger partial charge on any atom is 0.139 e. The molecular formula is C14H11ClN4S. The van der Waals surface area contributed by atoms with Crippen molar-refractivity contribution >= 4 is 23.8 Å². The molecule has 1 N–H and O–H groups in total. The highest BCUT2D eigenvalue weighted by Gasteiger charge is 2.06. The Hall–Kier alpha value is -1.98. The zero-order valence-corrected chi connectivity index (χ0v) is 12.2. The number of nitrogens with zero attached hydrogens (tertiary/aromatic N) is 3. The van der Waals surface area contributed by atoms with E-state index in [1.165, 1.54) is 0 Å². The third-order valence-electron chi connectivity index (χ3n) is 2.88. The van der Waals surface area contributed by atoms with Gasteiger partial charge in [-0.2, -0.15) is 5.10 Å². The molecule has 0 aliphatic heterocycles. The van der Waals surface area contributed by atoms with Gasteiger partial charge in [0.1, 0.15) is 10.5 Å². The minimum absolute atomic E-state index is 0.535. The minimum Gasteiger partial charge on any atom is -0.339 e. The Bertz CT molecular complexity index is 805. The number of H-pyrrole nitrogens is 1. The molecule has 0 unspecified atom stereocenters. The van der Waals surface area contributed by atoms with Gasteiger partial charge in [-0.25, -0.2) is 4.98 Å². The zero-order chi connectivity index (χ0) is 14.1. The van der Waals surface area contributed by atoms with E-state index in [9.17, 15) is 0 Å². The number of halogens is 1. The van der Waals surface area contributed by atoms with Crippen molar-refractivity contribution in [3.05, 3.63) is 52.4 Å². The van der Waals surface area contributed by atoms with Gasteiger partial charge in [-0.1, -0.05) is 23.8 Å². The van der Waals surface area contributed by atoms with Crippen molar-refractivity contribution in [2.75, 3.05) is 0 Å². The Kier molecular flexibility index (Phi) is 3.38. The van der Waals surface area contributed by atoms with E-state index in [-0.39, 0.29) is 0 Å². The van der Waals surface area contributed by atoms with Gasteiger partial charge in [0, 0.05) is 29.4 Å². The SMILES string of the molecule is Cn1cc(-c2cc(=S)nc(-c3ccc(Cl)cc3)[nH]2)cn1. The lowest BCUT2D eigenvalue weighted by Gasteiger charge is -2.04. The summed E-state index contributed by atoms with van der Waals surface area (Å²) in [7, 11) is 1.87. The van der Waals surface area contributed by atoms with E-state index in [0.717, 1.165) is 16.8 Å². The standard InChI is InChI=1S/C14H11ClN4S/c1-19-8-10(7-16-19)12-6-13(20)18-14(17-12)9-2-4-11(15)5-3-9/h2-8H,1H3,(H,17,18,20). The van der Waals surface area contributed by atoms with Crippen molar-refractivity contribution in [3.8, 4) is 22.6 Å². The van der Waals surface area contributed by atoms with Crippen LogP contribution in [0, 0.1) is 4.64 Å². The molecule has 0 amide bonds. The number of hydrogen-bond donors (Lipinski definition) is 1. The molecule has 0 atom stereocenters. The Labute approximate surface area is 126 Å². The Balaban J connectivity index is 2.11. The van der Waals surface area contributed by atoms with Gasteiger partial charge in [0.05, 0.1) is 11.9 Å². The summed E-state index contributed by atoms with van der Waals surface area (Å²) in [6.45, 7) is 0. The number of rotatable bonds is 2. The molecule has 0 aliphatic carbocycles. The first-order valence-corrected chi connectivity index (χ1v) is 6.77.